The number of rotatable bonds is 6. The largest absolute Gasteiger partial charge is 0.486 e. The molecule has 4 nitrogen and oxygen atoms in total. The van der Waals surface area contributed by atoms with Gasteiger partial charge in [-0.25, -0.2) is 0 Å². The fourth-order valence-electron chi connectivity index (χ4n) is 3.32. The Kier molecular flexibility index (Phi) is 5.56. The Morgan fingerprint density at radius 3 is 2.41 bits per heavy atom. The maximum atomic E-state index is 12.7. The minimum atomic E-state index is -0.699. The summed E-state index contributed by atoms with van der Waals surface area (Å²) < 4.78 is 6.11. The summed E-state index contributed by atoms with van der Waals surface area (Å²) in [7, 11) is 0. The third kappa shape index (κ3) is 4.89. The van der Waals surface area contributed by atoms with E-state index in [-0.39, 0.29) is 12.0 Å². The summed E-state index contributed by atoms with van der Waals surface area (Å²) >= 11 is 0. The zero-order valence-electron chi connectivity index (χ0n) is 16.7. The number of aryl methyl sites for hydroxylation is 3. The van der Waals surface area contributed by atoms with Crippen LogP contribution >= 0.6 is 0 Å². The Labute approximate surface area is 161 Å². The molecule has 2 aromatic carbocycles. The van der Waals surface area contributed by atoms with Crippen LogP contribution in [-0.4, -0.2) is 40.7 Å². The molecule has 1 aliphatic rings. The van der Waals surface area contributed by atoms with E-state index >= 15 is 0 Å². The third-order valence-corrected chi connectivity index (χ3v) is 5.03. The third-order valence-electron chi connectivity index (χ3n) is 5.03. The number of hydrogen-bond donors (Lipinski definition) is 1. The lowest BCUT2D eigenvalue weighted by Crippen LogP contribution is -2.56. The van der Waals surface area contributed by atoms with E-state index in [0.717, 1.165) is 28.9 Å². The van der Waals surface area contributed by atoms with Gasteiger partial charge in [0.2, 0.25) is 0 Å². The van der Waals surface area contributed by atoms with Gasteiger partial charge in [0, 0.05) is 5.56 Å². The predicted molar refractivity (Wildman–Crippen MR) is 107 cm³/mol. The van der Waals surface area contributed by atoms with E-state index < -0.39 is 5.60 Å². The molecule has 27 heavy (non-hydrogen) atoms. The van der Waals surface area contributed by atoms with Crippen molar-refractivity contribution in [3.8, 4) is 5.75 Å². The SMILES string of the molecule is Cc1cccc(C)c1OC1CN(C(=O)c2cccc(CCC(C)(C)O)c2)C1. The van der Waals surface area contributed by atoms with Crippen molar-refractivity contribution in [3.05, 3.63) is 64.7 Å². The molecule has 1 saturated heterocycles. The first-order valence-corrected chi connectivity index (χ1v) is 9.56. The van der Waals surface area contributed by atoms with E-state index in [9.17, 15) is 9.90 Å². The highest BCUT2D eigenvalue weighted by molar-refractivity contribution is 5.95. The van der Waals surface area contributed by atoms with Crippen molar-refractivity contribution < 1.29 is 14.6 Å². The van der Waals surface area contributed by atoms with Crippen molar-refractivity contribution in [3.63, 3.8) is 0 Å². The summed E-state index contributed by atoms with van der Waals surface area (Å²) in [6.45, 7) is 8.92. The minimum Gasteiger partial charge on any atom is -0.486 e. The van der Waals surface area contributed by atoms with Crippen LogP contribution in [0.5, 0.6) is 5.75 Å². The fourth-order valence-corrected chi connectivity index (χ4v) is 3.32. The first kappa shape index (κ1) is 19.4. The van der Waals surface area contributed by atoms with Crippen LogP contribution < -0.4 is 4.74 Å². The highest BCUT2D eigenvalue weighted by Gasteiger charge is 2.33. The van der Waals surface area contributed by atoms with Crippen LogP contribution in [0.1, 0.15) is 47.3 Å². The molecule has 0 unspecified atom stereocenters. The Bertz CT molecular complexity index is 796. The Morgan fingerprint density at radius 2 is 1.78 bits per heavy atom. The summed E-state index contributed by atoms with van der Waals surface area (Å²) in [5.41, 5.74) is 3.33. The molecule has 1 aliphatic heterocycles. The quantitative estimate of drug-likeness (QED) is 0.842. The highest BCUT2D eigenvalue weighted by Crippen LogP contribution is 2.26. The molecule has 1 amide bonds. The van der Waals surface area contributed by atoms with Crippen molar-refractivity contribution in [2.75, 3.05) is 13.1 Å². The van der Waals surface area contributed by atoms with Gasteiger partial charge in [-0.2, -0.15) is 0 Å². The number of ether oxygens (including phenoxy) is 1. The summed E-state index contributed by atoms with van der Waals surface area (Å²) in [6, 6.07) is 13.8. The number of nitrogens with zero attached hydrogens (tertiary/aromatic N) is 1. The second-order valence-electron chi connectivity index (χ2n) is 8.18. The first-order chi connectivity index (χ1) is 12.7. The Morgan fingerprint density at radius 1 is 1.15 bits per heavy atom. The number of benzene rings is 2. The molecule has 0 aromatic heterocycles. The van der Waals surface area contributed by atoms with Gasteiger partial charge in [-0.1, -0.05) is 30.3 Å². The highest BCUT2D eigenvalue weighted by atomic mass is 16.5. The van der Waals surface area contributed by atoms with Gasteiger partial charge in [0.25, 0.3) is 5.91 Å². The van der Waals surface area contributed by atoms with Gasteiger partial charge >= 0.3 is 0 Å². The molecule has 1 N–H and O–H groups in total. The molecule has 0 atom stereocenters. The van der Waals surface area contributed by atoms with Crippen LogP contribution in [0.2, 0.25) is 0 Å². The Hall–Kier alpha value is -2.33. The normalized spacial score (nSPS) is 14.8. The molecule has 4 heteroatoms. The van der Waals surface area contributed by atoms with Crippen LogP contribution in [-0.2, 0) is 6.42 Å². The standard InChI is InChI=1S/C23H29NO3/c1-16-7-5-8-17(2)21(16)27-20-14-24(15-20)22(25)19-10-6-9-18(13-19)11-12-23(3,4)26/h5-10,13,20,26H,11-12,14-15H2,1-4H3. The Balaban J connectivity index is 1.57. The summed E-state index contributed by atoms with van der Waals surface area (Å²) in [5.74, 6) is 0.977. The van der Waals surface area contributed by atoms with Crippen molar-refractivity contribution in [2.45, 2.75) is 52.2 Å². The molecule has 1 fully saturated rings. The van der Waals surface area contributed by atoms with Crippen LogP contribution in [0.15, 0.2) is 42.5 Å². The van der Waals surface area contributed by atoms with Gasteiger partial charge < -0.3 is 14.7 Å². The number of carbonyl (C=O) groups is 1. The lowest BCUT2D eigenvalue weighted by atomic mass is 9.97. The fraction of sp³-hybridized carbons (Fsp3) is 0.435. The van der Waals surface area contributed by atoms with Crippen molar-refractivity contribution in [1.82, 2.24) is 4.90 Å². The molecule has 0 spiro atoms. The van der Waals surface area contributed by atoms with Crippen LogP contribution in [0.4, 0.5) is 0 Å². The van der Waals surface area contributed by atoms with Gasteiger partial charge in [0.15, 0.2) is 0 Å². The second-order valence-corrected chi connectivity index (χ2v) is 8.18. The number of para-hydroxylation sites is 1. The van der Waals surface area contributed by atoms with E-state index in [2.05, 4.69) is 0 Å². The average Bonchev–Trinajstić information content (AvgIpc) is 2.57. The number of hydrogen-bond acceptors (Lipinski definition) is 3. The molecule has 1 heterocycles. The van der Waals surface area contributed by atoms with Gasteiger partial charge in [-0.15, -0.1) is 0 Å². The second kappa shape index (κ2) is 7.73. The van der Waals surface area contributed by atoms with E-state index in [1.165, 1.54) is 0 Å². The van der Waals surface area contributed by atoms with Gasteiger partial charge in [0.05, 0.1) is 18.7 Å². The topological polar surface area (TPSA) is 49.8 Å². The van der Waals surface area contributed by atoms with Crippen LogP contribution in [0.25, 0.3) is 0 Å². The number of carbonyl (C=O) groups excluding carboxylic acids is 1. The minimum absolute atomic E-state index is 0.0430. The summed E-state index contributed by atoms with van der Waals surface area (Å²) in [6.07, 6.45) is 1.47. The monoisotopic (exact) mass is 367 g/mol. The summed E-state index contributed by atoms with van der Waals surface area (Å²) in [5, 5.41) is 9.89. The lowest BCUT2D eigenvalue weighted by molar-refractivity contribution is 0.0173. The molecule has 0 saturated carbocycles. The average molecular weight is 367 g/mol. The molecule has 2 aromatic rings. The zero-order chi connectivity index (χ0) is 19.6. The number of amides is 1. The molecule has 0 aliphatic carbocycles. The number of likely N-dealkylation sites (tertiary alicyclic amines) is 1. The molecular formula is C23H29NO3. The van der Waals surface area contributed by atoms with Gasteiger partial charge in [0.1, 0.15) is 11.9 Å². The molecule has 3 rings (SSSR count). The summed E-state index contributed by atoms with van der Waals surface area (Å²) in [4.78, 5) is 14.6. The smallest absolute Gasteiger partial charge is 0.254 e. The maximum Gasteiger partial charge on any atom is 0.254 e. The van der Waals surface area contributed by atoms with E-state index in [1.807, 2.05) is 61.2 Å². The van der Waals surface area contributed by atoms with Gasteiger partial charge in [-0.05, 0) is 69.4 Å². The van der Waals surface area contributed by atoms with Crippen LogP contribution in [0, 0.1) is 13.8 Å². The zero-order valence-corrected chi connectivity index (χ0v) is 16.7. The number of aliphatic hydroxyl groups is 1. The predicted octanol–water partition coefficient (Wildman–Crippen LogP) is 3.91. The van der Waals surface area contributed by atoms with E-state index in [4.69, 9.17) is 4.74 Å². The van der Waals surface area contributed by atoms with Gasteiger partial charge in [-0.3, -0.25) is 4.79 Å². The molecule has 0 radical (unpaired) electrons. The van der Waals surface area contributed by atoms with Crippen molar-refractivity contribution >= 4 is 5.91 Å². The first-order valence-electron chi connectivity index (χ1n) is 9.56. The van der Waals surface area contributed by atoms with Crippen molar-refractivity contribution in [1.29, 1.82) is 0 Å². The molecule has 0 bridgehead atoms. The molecular weight excluding hydrogens is 338 g/mol. The van der Waals surface area contributed by atoms with Crippen LogP contribution in [0.3, 0.4) is 0 Å². The van der Waals surface area contributed by atoms with E-state index in [1.54, 1.807) is 13.8 Å². The van der Waals surface area contributed by atoms with E-state index in [0.29, 0.717) is 25.1 Å². The van der Waals surface area contributed by atoms with Crippen molar-refractivity contribution in [2.24, 2.45) is 0 Å². The lowest BCUT2D eigenvalue weighted by Gasteiger charge is -2.39. The maximum absolute atomic E-state index is 12.7. The molecule has 144 valence electrons.